The number of pyridine rings is 2. The van der Waals surface area contributed by atoms with Gasteiger partial charge in [0.05, 0.1) is 16.8 Å². The van der Waals surface area contributed by atoms with Crippen LogP contribution in [0.4, 0.5) is 11.4 Å². The first-order valence-corrected chi connectivity index (χ1v) is 8.81. The molecule has 0 bridgehead atoms. The van der Waals surface area contributed by atoms with Gasteiger partial charge in [-0.05, 0) is 42.5 Å². The number of amides is 2. The summed E-state index contributed by atoms with van der Waals surface area (Å²) in [6.07, 6.45) is 3.07. The molecule has 1 aliphatic heterocycles. The molecule has 128 valence electrons. The summed E-state index contributed by atoms with van der Waals surface area (Å²) in [5.74, 6) is -0.579. The molecule has 6 nitrogen and oxygen atoms in total. The molecule has 0 unspecified atom stereocenters. The number of aromatic nitrogens is 2. The highest BCUT2D eigenvalue weighted by molar-refractivity contribution is 7.99. The van der Waals surface area contributed by atoms with Crippen LogP contribution in [0.3, 0.4) is 0 Å². The van der Waals surface area contributed by atoms with Gasteiger partial charge in [-0.2, -0.15) is 0 Å². The Morgan fingerprint density at radius 3 is 2.85 bits per heavy atom. The Hall–Kier alpha value is -2.90. The summed E-state index contributed by atoms with van der Waals surface area (Å²) in [5.41, 5.74) is 2.02. The van der Waals surface area contributed by atoms with E-state index < -0.39 is 0 Å². The summed E-state index contributed by atoms with van der Waals surface area (Å²) in [5, 5.41) is 6.64. The number of benzene rings is 1. The van der Waals surface area contributed by atoms with Crippen LogP contribution in [-0.2, 0) is 0 Å². The molecule has 0 atom stereocenters. The summed E-state index contributed by atoms with van der Waals surface area (Å²) < 4.78 is 0. The molecule has 0 saturated carbocycles. The zero-order valence-corrected chi connectivity index (χ0v) is 14.8. The fraction of sp³-hybridized carbons (Fsp3) is 0. The maximum atomic E-state index is 12.5. The van der Waals surface area contributed by atoms with Crippen molar-refractivity contribution in [2.24, 2.45) is 0 Å². The largest absolute Gasteiger partial charge is 0.322 e. The highest BCUT2D eigenvalue weighted by Crippen LogP contribution is 2.38. The van der Waals surface area contributed by atoms with Crippen LogP contribution in [0, 0.1) is 0 Å². The van der Waals surface area contributed by atoms with Gasteiger partial charge in [0.25, 0.3) is 11.8 Å². The van der Waals surface area contributed by atoms with Gasteiger partial charge in [0.1, 0.15) is 10.2 Å². The van der Waals surface area contributed by atoms with Crippen molar-refractivity contribution in [3.8, 4) is 0 Å². The monoisotopic (exact) mass is 382 g/mol. The van der Waals surface area contributed by atoms with Crippen molar-refractivity contribution in [2.45, 2.75) is 9.92 Å². The lowest BCUT2D eigenvalue weighted by Crippen LogP contribution is -2.15. The molecular formula is C18H11ClN4O2S. The van der Waals surface area contributed by atoms with Crippen LogP contribution in [0.15, 0.2) is 64.8 Å². The van der Waals surface area contributed by atoms with Crippen molar-refractivity contribution in [1.82, 2.24) is 9.97 Å². The SMILES string of the molecule is O=C(Nc1ccc2c(c1)C(=O)Nc1cccnc1S2)c1ccc(Cl)nc1. The van der Waals surface area contributed by atoms with Crippen molar-refractivity contribution < 1.29 is 9.59 Å². The number of carbonyl (C=O) groups excluding carboxylic acids is 2. The number of carbonyl (C=O) groups is 2. The van der Waals surface area contributed by atoms with Gasteiger partial charge >= 0.3 is 0 Å². The lowest BCUT2D eigenvalue weighted by molar-refractivity contribution is 0.101. The minimum absolute atomic E-state index is 0.247. The molecule has 2 amide bonds. The Kier molecular flexibility index (Phi) is 4.32. The molecular weight excluding hydrogens is 372 g/mol. The first-order chi connectivity index (χ1) is 12.6. The number of anilines is 2. The highest BCUT2D eigenvalue weighted by atomic mass is 35.5. The second-order valence-electron chi connectivity index (χ2n) is 5.45. The number of nitrogens with zero attached hydrogens (tertiary/aromatic N) is 2. The van der Waals surface area contributed by atoms with E-state index in [0.29, 0.717) is 27.7 Å². The molecule has 2 aromatic heterocycles. The standard InChI is InChI=1S/C18H11ClN4O2S/c19-15-6-3-10(9-21-15)16(24)22-11-4-5-14-12(8-11)17(25)23-13-2-1-7-20-18(13)26-14/h1-9H,(H,22,24)(H,23,25). The Balaban J connectivity index is 1.61. The van der Waals surface area contributed by atoms with Crippen molar-refractivity contribution in [1.29, 1.82) is 0 Å². The van der Waals surface area contributed by atoms with Crippen LogP contribution in [-0.4, -0.2) is 21.8 Å². The summed E-state index contributed by atoms with van der Waals surface area (Å²) in [6, 6.07) is 11.9. The average Bonchev–Trinajstić information content (AvgIpc) is 2.78. The molecule has 0 saturated heterocycles. The summed E-state index contributed by atoms with van der Waals surface area (Å²) in [4.78, 5) is 33.8. The molecule has 0 spiro atoms. The fourth-order valence-electron chi connectivity index (χ4n) is 2.45. The van der Waals surface area contributed by atoms with Crippen LogP contribution in [0.1, 0.15) is 20.7 Å². The van der Waals surface area contributed by atoms with E-state index in [4.69, 9.17) is 11.6 Å². The number of fused-ring (bicyclic) bond motifs is 2. The number of hydrogen-bond acceptors (Lipinski definition) is 5. The molecule has 3 heterocycles. The van der Waals surface area contributed by atoms with Crippen LogP contribution in [0.2, 0.25) is 5.15 Å². The van der Waals surface area contributed by atoms with Gasteiger partial charge in [-0.1, -0.05) is 23.4 Å². The quantitative estimate of drug-likeness (QED) is 0.652. The van der Waals surface area contributed by atoms with Crippen LogP contribution < -0.4 is 10.6 Å². The maximum Gasteiger partial charge on any atom is 0.257 e. The predicted octanol–water partition coefficient (Wildman–Crippen LogP) is 4.10. The van der Waals surface area contributed by atoms with Crippen molar-refractivity contribution >= 4 is 46.6 Å². The Bertz CT molecular complexity index is 1020. The highest BCUT2D eigenvalue weighted by Gasteiger charge is 2.21. The molecule has 1 aliphatic rings. The number of rotatable bonds is 2. The van der Waals surface area contributed by atoms with Gasteiger partial charge in [0.15, 0.2) is 0 Å². The first-order valence-electron chi connectivity index (χ1n) is 7.61. The van der Waals surface area contributed by atoms with Gasteiger partial charge < -0.3 is 10.6 Å². The fourth-order valence-corrected chi connectivity index (χ4v) is 3.51. The van der Waals surface area contributed by atoms with Gasteiger partial charge in [0.2, 0.25) is 0 Å². The van der Waals surface area contributed by atoms with E-state index in [1.165, 1.54) is 18.0 Å². The summed E-state index contributed by atoms with van der Waals surface area (Å²) in [7, 11) is 0. The zero-order valence-electron chi connectivity index (χ0n) is 13.2. The van der Waals surface area contributed by atoms with Crippen LogP contribution in [0.5, 0.6) is 0 Å². The van der Waals surface area contributed by atoms with Crippen molar-refractivity contribution in [3.05, 3.63) is 71.1 Å². The van der Waals surface area contributed by atoms with E-state index in [2.05, 4.69) is 20.6 Å². The zero-order chi connectivity index (χ0) is 18.1. The third-order valence-electron chi connectivity index (χ3n) is 3.70. The van der Waals surface area contributed by atoms with Gasteiger partial charge in [0, 0.05) is 23.0 Å². The van der Waals surface area contributed by atoms with Crippen LogP contribution >= 0.6 is 23.4 Å². The number of nitrogens with one attached hydrogen (secondary N) is 2. The van der Waals surface area contributed by atoms with Gasteiger partial charge in [-0.3, -0.25) is 9.59 Å². The third-order valence-corrected chi connectivity index (χ3v) is 5.02. The maximum absolute atomic E-state index is 12.5. The lowest BCUT2D eigenvalue weighted by atomic mass is 10.1. The Morgan fingerprint density at radius 2 is 2.04 bits per heavy atom. The molecule has 3 aromatic rings. The Morgan fingerprint density at radius 1 is 1.15 bits per heavy atom. The average molecular weight is 383 g/mol. The van der Waals surface area contributed by atoms with E-state index in [1.54, 1.807) is 48.7 Å². The molecule has 0 radical (unpaired) electrons. The normalized spacial score (nSPS) is 12.4. The van der Waals surface area contributed by atoms with Crippen molar-refractivity contribution in [2.75, 3.05) is 10.6 Å². The molecule has 4 rings (SSSR count). The molecule has 2 N–H and O–H groups in total. The first kappa shape index (κ1) is 16.6. The Labute approximate surface area is 158 Å². The minimum Gasteiger partial charge on any atom is -0.322 e. The van der Waals surface area contributed by atoms with E-state index in [9.17, 15) is 9.59 Å². The molecule has 0 aliphatic carbocycles. The molecule has 1 aromatic carbocycles. The number of halogens is 1. The van der Waals surface area contributed by atoms with Gasteiger partial charge in [-0.15, -0.1) is 0 Å². The summed E-state index contributed by atoms with van der Waals surface area (Å²) in [6.45, 7) is 0. The second-order valence-corrected chi connectivity index (χ2v) is 6.86. The predicted molar refractivity (Wildman–Crippen MR) is 100.0 cm³/mol. The van der Waals surface area contributed by atoms with Crippen molar-refractivity contribution in [3.63, 3.8) is 0 Å². The van der Waals surface area contributed by atoms with E-state index in [1.807, 2.05) is 0 Å². The minimum atomic E-state index is -0.333. The molecule has 0 fully saturated rings. The smallest absolute Gasteiger partial charge is 0.257 e. The second kappa shape index (κ2) is 6.78. The van der Waals surface area contributed by atoms with E-state index in [0.717, 1.165) is 9.92 Å². The third kappa shape index (κ3) is 3.26. The molecule has 26 heavy (non-hydrogen) atoms. The van der Waals surface area contributed by atoms with Gasteiger partial charge in [-0.25, -0.2) is 9.97 Å². The van der Waals surface area contributed by atoms with Crippen LogP contribution in [0.25, 0.3) is 0 Å². The number of hydrogen-bond donors (Lipinski definition) is 2. The summed E-state index contributed by atoms with van der Waals surface area (Å²) >= 11 is 7.13. The topological polar surface area (TPSA) is 84.0 Å². The lowest BCUT2D eigenvalue weighted by Gasteiger charge is -2.09. The van der Waals surface area contributed by atoms with E-state index in [-0.39, 0.29) is 11.8 Å². The molecule has 8 heteroatoms. The van der Waals surface area contributed by atoms with E-state index >= 15 is 0 Å².